The molecule has 0 radical (unpaired) electrons. The van der Waals surface area contributed by atoms with Gasteiger partial charge in [-0.25, -0.2) is 0 Å². The van der Waals surface area contributed by atoms with Gasteiger partial charge >= 0.3 is 0 Å². The number of anilines is 1. The van der Waals surface area contributed by atoms with Gasteiger partial charge in [0.05, 0.1) is 5.69 Å². The second-order valence-electron chi connectivity index (χ2n) is 1.87. The third kappa shape index (κ3) is 1.90. The number of hydrogen-bond acceptors (Lipinski definition) is 2. The minimum Gasteiger partial charge on any atom is -0.279 e. The molecule has 10 heavy (non-hydrogen) atoms. The number of benzene rings is 1. The van der Waals surface area contributed by atoms with Crippen LogP contribution in [0, 0.1) is 0 Å². The molecule has 52 valence electrons. The standard InChI is InChI=1S/C8H10N2/c1-2-9-10-8-6-4-3-5-7-8/h2-7,10H,1H3/b9-2+. The fourth-order valence-corrected chi connectivity index (χ4v) is 0.652. The van der Waals surface area contributed by atoms with E-state index in [1.165, 1.54) is 0 Å². The van der Waals surface area contributed by atoms with Gasteiger partial charge in [0.25, 0.3) is 0 Å². The largest absolute Gasteiger partial charge is 0.279 e. The van der Waals surface area contributed by atoms with Crippen LogP contribution in [0.25, 0.3) is 0 Å². The minimum absolute atomic E-state index is 1.01. The Balaban J connectivity index is 2.59. The van der Waals surface area contributed by atoms with Crippen molar-refractivity contribution >= 4 is 11.9 Å². The first kappa shape index (κ1) is 6.81. The van der Waals surface area contributed by atoms with Crippen LogP contribution in [0.15, 0.2) is 35.4 Å². The lowest BCUT2D eigenvalue weighted by molar-refractivity contribution is 1.35. The molecule has 1 rings (SSSR count). The molecule has 0 amide bonds. The molecular weight excluding hydrogens is 124 g/mol. The highest BCUT2D eigenvalue weighted by molar-refractivity contribution is 5.56. The summed E-state index contributed by atoms with van der Waals surface area (Å²) in [6.45, 7) is 1.87. The first-order valence-electron chi connectivity index (χ1n) is 3.22. The molecule has 1 aromatic rings. The zero-order valence-corrected chi connectivity index (χ0v) is 5.91. The fourth-order valence-electron chi connectivity index (χ4n) is 0.652. The second-order valence-corrected chi connectivity index (χ2v) is 1.87. The molecule has 0 unspecified atom stereocenters. The van der Waals surface area contributed by atoms with Gasteiger partial charge < -0.3 is 0 Å². The van der Waals surface area contributed by atoms with Crippen molar-refractivity contribution in [1.82, 2.24) is 0 Å². The summed E-state index contributed by atoms with van der Waals surface area (Å²) in [5, 5.41) is 3.87. The third-order valence-corrected chi connectivity index (χ3v) is 1.10. The Morgan fingerprint density at radius 2 is 2.00 bits per heavy atom. The van der Waals surface area contributed by atoms with Crippen LogP contribution >= 0.6 is 0 Å². The molecule has 0 aromatic heterocycles. The van der Waals surface area contributed by atoms with Gasteiger partial charge in [0.2, 0.25) is 0 Å². The van der Waals surface area contributed by atoms with Crippen molar-refractivity contribution in [3.63, 3.8) is 0 Å². The number of hydrogen-bond donors (Lipinski definition) is 1. The predicted molar refractivity (Wildman–Crippen MR) is 44.2 cm³/mol. The lowest BCUT2D eigenvalue weighted by Gasteiger charge is -1.95. The van der Waals surface area contributed by atoms with Crippen molar-refractivity contribution < 1.29 is 0 Å². The summed E-state index contributed by atoms with van der Waals surface area (Å²) in [5.74, 6) is 0. The van der Waals surface area contributed by atoms with Crippen molar-refractivity contribution in [2.75, 3.05) is 5.43 Å². The maximum atomic E-state index is 3.87. The van der Waals surface area contributed by atoms with Crippen LogP contribution in [0.3, 0.4) is 0 Å². The van der Waals surface area contributed by atoms with E-state index in [1.54, 1.807) is 6.21 Å². The number of nitrogens with zero attached hydrogens (tertiary/aromatic N) is 1. The highest BCUT2D eigenvalue weighted by Crippen LogP contribution is 2.03. The van der Waals surface area contributed by atoms with Crippen molar-refractivity contribution in [3.8, 4) is 0 Å². The minimum atomic E-state index is 1.01. The molecule has 2 heteroatoms. The van der Waals surface area contributed by atoms with Crippen LogP contribution in [-0.2, 0) is 0 Å². The van der Waals surface area contributed by atoms with E-state index >= 15 is 0 Å². The van der Waals surface area contributed by atoms with Gasteiger partial charge in [0.1, 0.15) is 0 Å². The molecule has 0 aliphatic carbocycles. The van der Waals surface area contributed by atoms with Gasteiger partial charge in [0.15, 0.2) is 0 Å². The molecule has 0 aliphatic rings. The molecule has 0 spiro atoms. The zero-order valence-electron chi connectivity index (χ0n) is 5.91. The number of nitrogens with one attached hydrogen (secondary N) is 1. The van der Waals surface area contributed by atoms with E-state index in [9.17, 15) is 0 Å². The average molecular weight is 134 g/mol. The van der Waals surface area contributed by atoms with Gasteiger partial charge in [-0.1, -0.05) is 18.2 Å². The van der Waals surface area contributed by atoms with Gasteiger partial charge in [-0.2, -0.15) is 5.10 Å². The van der Waals surface area contributed by atoms with Crippen LogP contribution in [0.2, 0.25) is 0 Å². The van der Waals surface area contributed by atoms with E-state index in [2.05, 4.69) is 10.5 Å². The van der Waals surface area contributed by atoms with E-state index in [-0.39, 0.29) is 0 Å². The molecule has 2 nitrogen and oxygen atoms in total. The summed E-state index contributed by atoms with van der Waals surface area (Å²) in [6.07, 6.45) is 1.72. The molecule has 0 saturated heterocycles. The van der Waals surface area contributed by atoms with Gasteiger partial charge in [0, 0.05) is 6.21 Å². The second kappa shape index (κ2) is 3.67. The third-order valence-electron chi connectivity index (χ3n) is 1.10. The Morgan fingerprint density at radius 3 is 2.60 bits per heavy atom. The molecule has 0 atom stereocenters. The van der Waals surface area contributed by atoms with Crippen LogP contribution in [-0.4, -0.2) is 6.21 Å². The Bertz CT molecular complexity index is 204. The molecule has 0 aliphatic heterocycles. The number of rotatable bonds is 2. The topological polar surface area (TPSA) is 24.4 Å². The molecule has 0 bridgehead atoms. The van der Waals surface area contributed by atoms with Crippen LogP contribution in [0.4, 0.5) is 5.69 Å². The summed E-state index contributed by atoms with van der Waals surface area (Å²) in [6, 6.07) is 9.84. The molecular formula is C8H10N2. The highest BCUT2D eigenvalue weighted by atomic mass is 15.3. The van der Waals surface area contributed by atoms with E-state index in [1.807, 2.05) is 37.3 Å². The first-order valence-corrected chi connectivity index (χ1v) is 3.22. The summed E-state index contributed by atoms with van der Waals surface area (Å²) in [5.41, 5.74) is 3.88. The SMILES string of the molecule is C/C=N/Nc1ccccc1. The lowest BCUT2D eigenvalue weighted by atomic mass is 10.3. The fraction of sp³-hybridized carbons (Fsp3) is 0.125. The van der Waals surface area contributed by atoms with Crippen molar-refractivity contribution in [1.29, 1.82) is 0 Å². The smallest absolute Gasteiger partial charge is 0.0561 e. The van der Waals surface area contributed by atoms with Crippen LogP contribution < -0.4 is 5.43 Å². The number of para-hydroxylation sites is 1. The van der Waals surface area contributed by atoms with E-state index in [4.69, 9.17) is 0 Å². The van der Waals surface area contributed by atoms with Crippen molar-refractivity contribution in [2.45, 2.75) is 6.92 Å². The number of hydrazone groups is 1. The average Bonchev–Trinajstić information content (AvgIpc) is 2.03. The lowest BCUT2D eigenvalue weighted by Crippen LogP contribution is -1.85. The predicted octanol–water partition coefficient (Wildman–Crippen LogP) is 2.10. The van der Waals surface area contributed by atoms with E-state index in [0.717, 1.165) is 5.69 Å². The van der Waals surface area contributed by atoms with Crippen LogP contribution in [0.1, 0.15) is 6.92 Å². The molecule has 0 fully saturated rings. The van der Waals surface area contributed by atoms with E-state index < -0.39 is 0 Å². The molecule has 1 aromatic carbocycles. The van der Waals surface area contributed by atoms with Crippen molar-refractivity contribution in [3.05, 3.63) is 30.3 Å². The highest BCUT2D eigenvalue weighted by Gasteiger charge is 1.81. The Morgan fingerprint density at radius 1 is 1.30 bits per heavy atom. The van der Waals surface area contributed by atoms with Gasteiger partial charge in [-0.3, -0.25) is 5.43 Å². The summed E-state index contributed by atoms with van der Waals surface area (Å²) < 4.78 is 0. The maximum Gasteiger partial charge on any atom is 0.0561 e. The molecule has 0 saturated carbocycles. The quantitative estimate of drug-likeness (QED) is 0.486. The normalized spacial score (nSPS) is 10.1. The molecule has 1 N–H and O–H groups in total. The summed E-state index contributed by atoms with van der Waals surface area (Å²) >= 11 is 0. The summed E-state index contributed by atoms with van der Waals surface area (Å²) in [4.78, 5) is 0. The maximum absolute atomic E-state index is 3.87. The Labute approximate surface area is 60.6 Å². The Hall–Kier alpha value is -1.31. The monoisotopic (exact) mass is 134 g/mol. The molecule has 0 heterocycles. The first-order chi connectivity index (χ1) is 4.93. The van der Waals surface area contributed by atoms with Gasteiger partial charge in [-0.15, -0.1) is 0 Å². The summed E-state index contributed by atoms with van der Waals surface area (Å²) in [7, 11) is 0. The van der Waals surface area contributed by atoms with Crippen LogP contribution in [0.5, 0.6) is 0 Å². The van der Waals surface area contributed by atoms with E-state index in [0.29, 0.717) is 0 Å². The Kier molecular flexibility index (Phi) is 2.49. The zero-order chi connectivity index (χ0) is 7.23. The van der Waals surface area contributed by atoms with Crippen molar-refractivity contribution in [2.24, 2.45) is 5.10 Å². The van der Waals surface area contributed by atoms with Gasteiger partial charge in [-0.05, 0) is 19.1 Å².